The first-order valence-electron chi connectivity index (χ1n) is 7.70. The van der Waals surface area contributed by atoms with E-state index >= 15 is 0 Å². The Labute approximate surface area is 152 Å². The second kappa shape index (κ2) is 7.32. The zero-order valence-corrected chi connectivity index (χ0v) is 14.9. The molecule has 0 radical (unpaired) electrons. The molecule has 0 saturated carbocycles. The van der Waals surface area contributed by atoms with Crippen molar-refractivity contribution in [2.75, 3.05) is 18.1 Å². The lowest BCUT2D eigenvalue weighted by Crippen LogP contribution is -2.24. The van der Waals surface area contributed by atoms with Gasteiger partial charge in [-0.3, -0.25) is 10.1 Å². The summed E-state index contributed by atoms with van der Waals surface area (Å²) in [4.78, 5) is 32.6. The minimum atomic E-state index is -0.531. The van der Waals surface area contributed by atoms with Crippen LogP contribution in [0.1, 0.15) is 41.3 Å². The summed E-state index contributed by atoms with van der Waals surface area (Å²) in [5.74, 6) is 0.0451. The fraction of sp³-hybridized carbons (Fsp3) is 0.400. The number of ether oxygens (including phenoxy) is 1. The van der Waals surface area contributed by atoms with Crippen molar-refractivity contribution >= 4 is 40.4 Å². The lowest BCUT2D eigenvalue weighted by atomic mass is 10.2. The summed E-state index contributed by atoms with van der Waals surface area (Å²) in [7, 11) is 0. The number of nitro groups is 1. The van der Waals surface area contributed by atoms with Gasteiger partial charge in [-0.25, -0.2) is 14.8 Å². The molecule has 3 heterocycles. The Morgan fingerprint density at radius 2 is 2.40 bits per heavy atom. The smallest absolute Gasteiger partial charge is 0.357 e. The standard InChI is InChI=1S/C15H15ClN4O4S/c1-2-24-15(21)11-8-25-14(18-11)12-4-3-5-19(12)13-10(16)6-9(7-17-13)20(22)23/h6-8,12H,2-5H2,1H3. The number of aromatic nitrogens is 2. The van der Waals surface area contributed by atoms with Gasteiger partial charge in [0.2, 0.25) is 0 Å². The Hall–Kier alpha value is -2.26. The molecule has 0 N–H and O–H groups in total. The molecule has 1 aliphatic rings. The summed E-state index contributed by atoms with van der Waals surface area (Å²) in [6.07, 6.45) is 2.95. The lowest BCUT2D eigenvalue weighted by Gasteiger charge is -2.24. The summed E-state index contributed by atoms with van der Waals surface area (Å²) in [6, 6.07) is 1.23. The van der Waals surface area contributed by atoms with Crippen molar-refractivity contribution in [3.8, 4) is 0 Å². The van der Waals surface area contributed by atoms with Crippen molar-refractivity contribution in [1.29, 1.82) is 0 Å². The van der Waals surface area contributed by atoms with E-state index in [1.54, 1.807) is 12.3 Å². The lowest BCUT2D eigenvalue weighted by molar-refractivity contribution is -0.385. The maximum Gasteiger partial charge on any atom is 0.357 e. The predicted octanol–water partition coefficient (Wildman–Crippen LogP) is 3.62. The van der Waals surface area contributed by atoms with Crippen molar-refractivity contribution in [3.63, 3.8) is 0 Å². The molecule has 2 aromatic rings. The molecule has 0 spiro atoms. The van der Waals surface area contributed by atoms with Crippen molar-refractivity contribution in [2.24, 2.45) is 0 Å². The topological polar surface area (TPSA) is 98.5 Å². The minimum absolute atomic E-state index is 0.0698. The number of esters is 1. The van der Waals surface area contributed by atoms with Crippen molar-refractivity contribution in [1.82, 2.24) is 9.97 Å². The number of anilines is 1. The zero-order valence-electron chi connectivity index (χ0n) is 13.3. The molecule has 1 unspecified atom stereocenters. The van der Waals surface area contributed by atoms with Crippen LogP contribution in [-0.2, 0) is 4.74 Å². The van der Waals surface area contributed by atoms with Gasteiger partial charge in [-0.1, -0.05) is 11.6 Å². The van der Waals surface area contributed by atoms with Crippen LogP contribution in [0.3, 0.4) is 0 Å². The highest BCUT2D eigenvalue weighted by molar-refractivity contribution is 7.10. The molecule has 3 rings (SSSR count). The second-order valence-electron chi connectivity index (χ2n) is 5.40. The van der Waals surface area contributed by atoms with Crippen molar-refractivity contribution in [2.45, 2.75) is 25.8 Å². The molecule has 8 nitrogen and oxygen atoms in total. The van der Waals surface area contributed by atoms with E-state index in [-0.39, 0.29) is 22.4 Å². The van der Waals surface area contributed by atoms with E-state index in [9.17, 15) is 14.9 Å². The van der Waals surface area contributed by atoms with Gasteiger partial charge in [-0.2, -0.15) is 0 Å². The van der Waals surface area contributed by atoms with E-state index in [4.69, 9.17) is 16.3 Å². The molecule has 2 aromatic heterocycles. The van der Waals surface area contributed by atoms with Gasteiger partial charge in [0.25, 0.3) is 5.69 Å². The molecule has 1 aliphatic heterocycles. The summed E-state index contributed by atoms with van der Waals surface area (Å²) < 4.78 is 4.96. The number of thiazole rings is 1. The fourth-order valence-corrected chi connectivity index (χ4v) is 3.95. The van der Waals surface area contributed by atoms with Gasteiger partial charge in [0.05, 0.1) is 22.6 Å². The first-order valence-corrected chi connectivity index (χ1v) is 8.96. The van der Waals surface area contributed by atoms with Crippen LogP contribution in [0.15, 0.2) is 17.6 Å². The number of nitrogens with zero attached hydrogens (tertiary/aromatic N) is 4. The SMILES string of the molecule is CCOC(=O)c1csc(C2CCCN2c2ncc([N+](=O)[O-])cc2Cl)n1. The van der Waals surface area contributed by atoms with Gasteiger partial charge < -0.3 is 9.64 Å². The average molecular weight is 383 g/mol. The monoisotopic (exact) mass is 382 g/mol. The predicted molar refractivity (Wildman–Crippen MR) is 93.3 cm³/mol. The maximum absolute atomic E-state index is 11.8. The fourth-order valence-electron chi connectivity index (χ4n) is 2.75. The van der Waals surface area contributed by atoms with Crippen molar-refractivity contribution < 1.29 is 14.5 Å². The van der Waals surface area contributed by atoms with Crippen LogP contribution in [0.5, 0.6) is 0 Å². The van der Waals surface area contributed by atoms with E-state index in [0.29, 0.717) is 19.0 Å². The van der Waals surface area contributed by atoms with Gasteiger partial charge in [-0.15, -0.1) is 11.3 Å². The molecular weight excluding hydrogens is 368 g/mol. The Morgan fingerprint density at radius 3 is 3.08 bits per heavy atom. The molecular formula is C15H15ClN4O4S. The van der Waals surface area contributed by atoms with E-state index in [1.165, 1.54) is 23.6 Å². The Balaban J connectivity index is 1.86. The number of hydrogen-bond donors (Lipinski definition) is 0. The van der Waals surface area contributed by atoms with Crippen LogP contribution < -0.4 is 4.90 Å². The van der Waals surface area contributed by atoms with Gasteiger partial charge >= 0.3 is 5.97 Å². The highest BCUT2D eigenvalue weighted by atomic mass is 35.5. The molecule has 132 valence electrons. The van der Waals surface area contributed by atoms with Crippen LogP contribution >= 0.6 is 22.9 Å². The number of rotatable bonds is 5. The number of halogens is 1. The molecule has 1 atom stereocenters. The third-order valence-corrected chi connectivity index (χ3v) is 5.06. The van der Waals surface area contributed by atoms with Crippen molar-refractivity contribution in [3.05, 3.63) is 43.5 Å². The number of pyridine rings is 1. The van der Waals surface area contributed by atoms with Crippen LogP contribution in [0.25, 0.3) is 0 Å². The molecule has 1 saturated heterocycles. The number of hydrogen-bond acceptors (Lipinski definition) is 8. The third-order valence-electron chi connectivity index (χ3n) is 3.83. The quantitative estimate of drug-likeness (QED) is 0.442. The third kappa shape index (κ3) is 3.57. The molecule has 1 fully saturated rings. The van der Waals surface area contributed by atoms with Crippen LogP contribution in [0.4, 0.5) is 11.5 Å². The molecule has 0 bridgehead atoms. The summed E-state index contributed by atoms with van der Waals surface area (Å²) in [5, 5.41) is 13.5. The Kier molecular flexibility index (Phi) is 5.14. The maximum atomic E-state index is 11.8. The minimum Gasteiger partial charge on any atom is -0.461 e. The number of carbonyl (C=O) groups excluding carboxylic acids is 1. The normalized spacial score (nSPS) is 16.9. The highest BCUT2D eigenvalue weighted by Gasteiger charge is 2.32. The summed E-state index contributed by atoms with van der Waals surface area (Å²) in [5.41, 5.74) is 0.139. The first kappa shape index (κ1) is 17.6. The van der Waals surface area contributed by atoms with Gasteiger partial charge in [0.1, 0.15) is 17.0 Å². The zero-order chi connectivity index (χ0) is 18.0. The van der Waals surface area contributed by atoms with Crippen LogP contribution in [0.2, 0.25) is 5.02 Å². The molecule has 25 heavy (non-hydrogen) atoms. The molecule has 0 aliphatic carbocycles. The molecule has 0 aromatic carbocycles. The van der Waals surface area contributed by atoms with Crippen LogP contribution in [-0.4, -0.2) is 34.0 Å². The summed E-state index contributed by atoms with van der Waals surface area (Å²) >= 11 is 7.58. The highest BCUT2D eigenvalue weighted by Crippen LogP contribution is 2.39. The van der Waals surface area contributed by atoms with E-state index < -0.39 is 10.9 Å². The Bertz CT molecular complexity index is 813. The first-order chi connectivity index (χ1) is 12.0. The van der Waals surface area contributed by atoms with E-state index in [1.807, 2.05) is 4.90 Å². The molecule has 0 amide bonds. The largest absolute Gasteiger partial charge is 0.461 e. The summed E-state index contributed by atoms with van der Waals surface area (Å²) in [6.45, 7) is 2.75. The average Bonchev–Trinajstić information content (AvgIpc) is 3.23. The second-order valence-corrected chi connectivity index (χ2v) is 6.70. The Morgan fingerprint density at radius 1 is 1.60 bits per heavy atom. The molecule has 10 heteroatoms. The van der Waals surface area contributed by atoms with E-state index in [2.05, 4.69) is 9.97 Å². The van der Waals surface area contributed by atoms with Crippen LogP contribution in [0, 0.1) is 10.1 Å². The van der Waals surface area contributed by atoms with Gasteiger partial charge in [0.15, 0.2) is 5.69 Å². The van der Waals surface area contributed by atoms with Gasteiger partial charge in [0, 0.05) is 18.0 Å². The number of carbonyl (C=O) groups is 1. The van der Waals surface area contributed by atoms with E-state index in [0.717, 1.165) is 17.8 Å². The van der Waals surface area contributed by atoms with Gasteiger partial charge in [-0.05, 0) is 19.8 Å².